The summed E-state index contributed by atoms with van der Waals surface area (Å²) in [4.78, 5) is 4.11. The molecule has 2 aromatic rings. The fourth-order valence-electron chi connectivity index (χ4n) is 2.55. The molecule has 0 atom stereocenters. The fourth-order valence-corrected chi connectivity index (χ4v) is 3.75. The van der Waals surface area contributed by atoms with Crippen molar-refractivity contribution in [3.63, 3.8) is 0 Å². The molecule has 3 nitrogen and oxygen atoms in total. The van der Waals surface area contributed by atoms with Gasteiger partial charge in [0.2, 0.25) is 5.95 Å². The molecule has 1 saturated heterocycles. The van der Waals surface area contributed by atoms with Crippen molar-refractivity contribution in [3.8, 4) is 0 Å². The maximum Gasteiger partial charge on any atom is 0.201 e. The van der Waals surface area contributed by atoms with Crippen molar-refractivity contribution >= 4 is 28.7 Å². The van der Waals surface area contributed by atoms with Gasteiger partial charge in [-0.25, -0.2) is 13.8 Å². The van der Waals surface area contributed by atoms with E-state index in [0.717, 1.165) is 30.4 Å². The van der Waals surface area contributed by atoms with Crippen molar-refractivity contribution in [1.29, 1.82) is 0 Å². The third-order valence-electron chi connectivity index (χ3n) is 3.61. The number of thioether (sulfide) groups is 1. The van der Waals surface area contributed by atoms with Crippen LogP contribution in [0, 0.1) is 17.6 Å². The number of anilines is 1. The second kappa shape index (κ2) is 5.00. The van der Waals surface area contributed by atoms with Crippen molar-refractivity contribution in [2.24, 2.45) is 5.92 Å². The highest BCUT2D eigenvalue weighted by molar-refractivity contribution is 7.99. The Labute approximate surface area is 114 Å². The first kappa shape index (κ1) is 12.7. The van der Waals surface area contributed by atoms with Crippen molar-refractivity contribution in [1.82, 2.24) is 9.55 Å². The van der Waals surface area contributed by atoms with E-state index in [-0.39, 0.29) is 11.5 Å². The second-order valence-electron chi connectivity index (χ2n) is 4.87. The van der Waals surface area contributed by atoms with Gasteiger partial charge in [-0.1, -0.05) is 0 Å². The molecule has 0 aliphatic carbocycles. The van der Waals surface area contributed by atoms with Crippen molar-refractivity contribution < 1.29 is 8.78 Å². The Bertz CT molecular complexity index is 605. The Balaban J connectivity index is 2.01. The Kier molecular flexibility index (Phi) is 3.35. The topological polar surface area (TPSA) is 43.8 Å². The van der Waals surface area contributed by atoms with Gasteiger partial charge in [0.15, 0.2) is 11.6 Å². The lowest BCUT2D eigenvalue weighted by atomic mass is 10.0. The number of imidazole rings is 1. The summed E-state index contributed by atoms with van der Waals surface area (Å²) in [5.74, 6) is 1.25. The Morgan fingerprint density at radius 3 is 2.79 bits per heavy atom. The zero-order valence-electron chi connectivity index (χ0n) is 10.4. The summed E-state index contributed by atoms with van der Waals surface area (Å²) in [7, 11) is 0. The van der Waals surface area contributed by atoms with Gasteiger partial charge in [-0.15, -0.1) is 0 Å². The van der Waals surface area contributed by atoms with E-state index in [2.05, 4.69) is 4.98 Å². The molecule has 2 N–H and O–H groups in total. The minimum Gasteiger partial charge on any atom is -0.369 e. The van der Waals surface area contributed by atoms with Crippen molar-refractivity contribution in [3.05, 3.63) is 23.8 Å². The highest BCUT2D eigenvalue weighted by atomic mass is 32.2. The summed E-state index contributed by atoms with van der Waals surface area (Å²) in [5.41, 5.74) is 6.46. The monoisotopic (exact) mass is 283 g/mol. The van der Waals surface area contributed by atoms with Crippen molar-refractivity contribution in [2.75, 3.05) is 17.2 Å². The maximum atomic E-state index is 13.9. The number of nitrogens with zero attached hydrogens (tertiary/aromatic N) is 2. The highest BCUT2D eigenvalue weighted by Gasteiger charge is 2.20. The number of fused-ring (bicyclic) bond motifs is 1. The summed E-state index contributed by atoms with van der Waals surface area (Å²) in [6, 6.07) is 2.56. The Morgan fingerprint density at radius 2 is 2.05 bits per heavy atom. The van der Waals surface area contributed by atoms with Crippen LogP contribution in [0.3, 0.4) is 0 Å². The molecule has 0 saturated carbocycles. The van der Waals surface area contributed by atoms with E-state index in [1.807, 2.05) is 11.8 Å². The molecule has 1 aliphatic heterocycles. The molecule has 6 heteroatoms. The van der Waals surface area contributed by atoms with Gasteiger partial charge in [0.1, 0.15) is 5.52 Å². The van der Waals surface area contributed by atoms with Crippen LogP contribution in [0.5, 0.6) is 0 Å². The predicted octanol–water partition coefficient (Wildman–Crippen LogP) is 3.04. The Morgan fingerprint density at radius 1 is 1.32 bits per heavy atom. The fraction of sp³-hybridized carbons (Fsp3) is 0.462. The van der Waals surface area contributed by atoms with Gasteiger partial charge in [-0.3, -0.25) is 0 Å². The first-order valence-electron chi connectivity index (χ1n) is 6.34. The van der Waals surface area contributed by atoms with E-state index in [0.29, 0.717) is 18.0 Å². The van der Waals surface area contributed by atoms with Gasteiger partial charge in [0, 0.05) is 6.54 Å². The van der Waals surface area contributed by atoms with Crippen LogP contribution in [0.4, 0.5) is 14.7 Å². The van der Waals surface area contributed by atoms with E-state index in [9.17, 15) is 8.78 Å². The third kappa shape index (κ3) is 2.29. The number of benzene rings is 1. The lowest BCUT2D eigenvalue weighted by Gasteiger charge is -2.22. The molecule has 1 aliphatic rings. The minimum absolute atomic E-state index is 0.190. The minimum atomic E-state index is -0.855. The number of hydrogen-bond acceptors (Lipinski definition) is 3. The van der Waals surface area contributed by atoms with Gasteiger partial charge >= 0.3 is 0 Å². The molecule has 0 bridgehead atoms. The average Bonchev–Trinajstić information content (AvgIpc) is 2.73. The van der Waals surface area contributed by atoms with Crippen LogP contribution >= 0.6 is 11.8 Å². The largest absolute Gasteiger partial charge is 0.369 e. The lowest BCUT2D eigenvalue weighted by Crippen LogP contribution is -2.18. The Hall–Kier alpha value is -1.30. The molecule has 0 unspecified atom stereocenters. The smallest absolute Gasteiger partial charge is 0.201 e. The standard InChI is InChI=1S/C13H15F2N3S/c14-9-1-2-10-12(11(9)15)18(13(16)17-10)7-8-3-5-19-6-4-8/h1-2,8H,3-7H2,(H2,16,17). The molecular formula is C13H15F2N3S. The summed E-state index contributed by atoms with van der Waals surface area (Å²) < 4.78 is 28.9. The lowest BCUT2D eigenvalue weighted by molar-refractivity contribution is 0.421. The van der Waals surface area contributed by atoms with Gasteiger partial charge in [-0.2, -0.15) is 11.8 Å². The van der Waals surface area contributed by atoms with E-state index in [1.165, 1.54) is 6.07 Å². The molecule has 102 valence electrons. The number of aromatic nitrogens is 2. The number of nitrogen functional groups attached to an aromatic ring is 1. The molecule has 0 spiro atoms. The molecule has 2 heterocycles. The molecule has 19 heavy (non-hydrogen) atoms. The van der Waals surface area contributed by atoms with E-state index >= 15 is 0 Å². The van der Waals surface area contributed by atoms with Crippen molar-refractivity contribution in [2.45, 2.75) is 19.4 Å². The van der Waals surface area contributed by atoms with Gasteiger partial charge in [0.25, 0.3) is 0 Å². The SMILES string of the molecule is Nc1nc2ccc(F)c(F)c2n1CC1CCSCC1. The van der Waals surface area contributed by atoms with Crippen LogP contribution in [-0.2, 0) is 6.54 Å². The van der Waals surface area contributed by atoms with Crippen LogP contribution in [0.25, 0.3) is 11.0 Å². The first-order chi connectivity index (χ1) is 9.16. The zero-order valence-corrected chi connectivity index (χ0v) is 11.2. The maximum absolute atomic E-state index is 13.9. The van der Waals surface area contributed by atoms with Gasteiger partial charge in [-0.05, 0) is 42.4 Å². The third-order valence-corrected chi connectivity index (χ3v) is 4.66. The zero-order chi connectivity index (χ0) is 13.4. The van der Waals surface area contributed by atoms with Crippen LogP contribution in [0.2, 0.25) is 0 Å². The van der Waals surface area contributed by atoms with Crippen LogP contribution < -0.4 is 5.73 Å². The van der Waals surface area contributed by atoms with Crippen LogP contribution in [-0.4, -0.2) is 21.1 Å². The normalized spacial score (nSPS) is 17.2. The van der Waals surface area contributed by atoms with E-state index < -0.39 is 11.6 Å². The summed E-state index contributed by atoms with van der Waals surface area (Å²) in [6.45, 7) is 0.614. The highest BCUT2D eigenvalue weighted by Crippen LogP contribution is 2.28. The first-order valence-corrected chi connectivity index (χ1v) is 7.49. The second-order valence-corrected chi connectivity index (χ2v) is 6.09. The number of hydrogen-bond donors (Lipinski definition) is 1. The molecule has 1 aromatic heterocycles. The molecule has 0 amide bonds. The molecule has 1 aromatic carbocycles. The van der Waals surface area contributed by atoms with Gasteiger partial charge in [0.05, 0.1) is 5.52 Å². The number of nitrogens with two attached hydrogens (primary N) is 1. The number of rotatable bonds is 2. The molecule has 0 radical (unpaired) electrons. The van der Waals surface area contributed by atoms with E-state index in [1.54, 1.807) is 4.57 Å². The van der Waals surface area contributed by atoms with Gasteiger partial charge < -0.3 is 10.3 Å². The predicted molar refractivity (Wildman–Crippen MR) is 74.1 cm³/mol. The van der Waals surface area contributed by atoms with Crippen LogP contribution in [0.1, 0.15) is 12.8 Å². The average molecular weight is 283 g/mol. The van der Waals surface area contributed by atoms with Crippen LogP contribution in [0.15, 0.2) is 12.1 Å². The summed E-state index contributed by atoms with van der Waals surface area (Å²) in [6.07, 6.45) is 2.17. The summed E-state index contributed by atoms with van der Waals surface area (Å²) >= 11 is 1.93. The quantitative estimate of drug-likeness (QED) is 0.921. The molecule has 1 fully saturated rings. The number of halogens is 2. The molecular weight excluding hydrogens is 268 g/mol. The molecule has 3 rings (SSSR count). The van der Waals surface area contributed by atoms with E-state index in [4.69, 9.17) is 5.73 Å². The summed E-state index contributed by atoms with van der Waals surface area (Å²) in [5, 5.41) is 0.